The number of piperazine rings is 1. The van der Waals surface area contributed by atoms with Crippen LogP contribution in [0.25, 0.3) is 5.65 Å². The van der Waals surface area contributed by atoms with E-state index in [1.807, 2.05) is 18.3 Å². The first-order valence-electron chi connectivity index (χ1n) is 7.47. The molecule has 0 unspecified atom stereocenters. The second kappa shape index (κ2) is 5.68. The van der Waals surface area contributed by atoms with E-state index in [0.717, 1.165) is 11.5 Å². The Hall–Kier alpha value is -2.81. The van der Waals surface area contributed by atoms with Crippen LogP contribution in [0.3, 0.4) is 0 Å². The fourth-order valence-corrected chi connectivity index (χ4v) is 2.92. The number of aromatic nitrogens is 5. The normalized spacial score (nSPS) is 15.2. The maximum absolute atomic E-state index is 12.5. The zero-order chi connectivity index (χ0) is 16.7. The number of rotatable bonds is 2. The molecule has 0 bridgehead atoms. The van der Waals surface area contributed by atoms with Crippen molar-refractivity contribution in [3.63, 3.8) is 0 Å². The molecule has 10 heteroatoms. The zero-order valence-corrected chi connectivity index (χ0v) is 13.4. The molecule has 4 rings (SSSR count). The number of anilines is 2. The summed E-state index contributed by atoms with van der Waals surface area (Å²) in [7, 11) is 0. The van der Waals surface area contributed by atoms with E-state index >= 15 is 0 Å². The molecule has 0 aromatic carbocycles. The highest BCUT2D eigenvalue weighted by atomic mass is 35.5. The number of imidazole rings is 1. The molecule has 0 aliphatic carbocycles. The third-order valence-electron chi connectivity index (χ3n) is 4.08. The highest BCUT2D eigenvalue weighted by Crippen LogP contribution is 2.22. The van der Waals surface area contributed by atoms with Crippen LogP contribution in [0.4, 0.5) is 11.6 Å². The molecule has 1 amide bonds. The summed E-state index contributed by atoms with van der Waals surface area (Å²) < 4.78 is 1.74. The van der Waals surface area contributed by atoms with Crippen molar-refractivity contribution in [3.05, 3.63) is 35.2 Å². The maximum Gasteiger partial charge on any atom is 0.273 e. The molecule has 1 aliphatic rings. The van der Waals surface area contributed by atoms with Gasteiger partial charge in [-0.3, -0.25) is 9.89 Å². The van der Waals surface area contributed by atoms with Crippen molar-refractivity contribution in [1.29, 1.82) is 0 Å². The summed E-state index contributed by atoms with van der Waals surface area (Å²) in [5.74, 6) is 0.801. The van der Waals surface area contributed by atoms with E-state index in [1.54, 1.807) is 15.6 Å². The average molecular weight is 347 g/mol. The molecule has 124 valence electrons. The highest BCUT2D eigenvalue weighted by molar-refractivity contribution is 6.35. The Morgan fingerprint density at radius 1 is 1.25 bits per heavy atom. The molecule has 3 aromatic heterocycles. The van der Waals surface area contributed by atoms with Gasteiger partial charge in [-0.25, -0.2) is 9.50 Å². The number of hydrogen-bond acceptors (Lipinski definition) is 6. The number of nitrogens with zero attached hydrogens (tertiary/aromatic N) is 6. The molecular formula is C14H15ClN8O. The number of carbonyl (C=O) groups is 1. The van der Waals surface area contributed by atoms with Gasteiger partial charge in [0, 0.05) is 38.6 Å². The van der Waals surface area contributed by atoms with Gasteiger partial charge in [-0.1, -0.05) is 11.6 Å². The number of amides is 1. The molecule has 0 atom stereocenters. The van der Waals surface area contributed by atoms with E-state index in [-0.39, 0.29) is 22.4 Å². The van der Waals surface area contributed by atoms with Gasteiger partial charge >= 0.3 is 0 Å². The number of aromatic amines is 1. The van der Waals surface area contributed by atoms with Gasteiger partial charge < -0.3 is 15.5 Å². The topological polar surface area (TPSA) is 108 Å². The van der Waals surface area contributed by atoms with E-state index in [9.17, 15) is 4.79 Å². The number of H-pyrrole nitrogens is 1. The van der Waals surface area contributed by atoms with Crippen LogP contribution in [-0.4, -0.2) is 61.8 Å². The first-order valence-corrected chi connectivity index (χ1v) is 7.85. The first-order chi connectivity index (χ1) is 11.6. The Labute approximate surface area is 142 Å². The number of nitrogen functional groups attached to an aromatic ring is 1. The third kappa shape index (κ3) is 2.42. The summed E-state index contributed by atoms with van der Waals surface area (Å²) in [6.07, 6.45) is 3.52. The summed E-state index contributed by atoms with van der Waals surface area (Å²) in [5, 5.41) is 11.1. The van der Waals surface area contributed by atoms with Crippen LogP contribution < -0.4 is 10.6 Å². The van der Waals surface area contributed by atoms with Crippen molar-refractivity contribution in [2.45, 2.75) is 0 Å². The van der Waals surface area contributed by atoms with Crippen LogP contribution >= 0.6 is 11.6 Å². The van der Waals surface area contributed by atoms with E-state index < -0.39 is 0 Å². The van der Waals surface area contributed by atoms with Gasteiger partial charge in [0.2, 0.25) is 0 Å². The highest BCUT2D eigenvalue weighted by Gasteiger charge is 2.26. The number of carbonyl (C=O) groups excluding carboxylic acids is 1. The smallest absolute Gasteiger partial charge is 0.273 e. The lowest BCUT2D eigenvalue weighted by atomic mass is 10.2. The first kappa shape index (κ1) is 14.8. The minimum absolute atomic E-state index is 0.136. The number of hydrogen-bond donors (Lipinski definition) is 2. The van der Waals surface area contributed by atoms with E-state index in [1.165, 1.54) is 0 Å². The van der Waals surface area contributed by atoms with Crippen molar-refractivity contribution in [2.24, 2.45) is 0 Å². The molecule has 0 saturated carbocycles. The van der Waals surface area contributed by atoms with Gasteiger partial charge in [-0.2, -0.15) is 5.10 Å². The standard InChI is InChI=1S/C14H15ClN8O/c15-11-12(18-19-13(11)16)14(24)22-7-5-21(6-8-22)10-2-1-9-17-3-4-23(9)20-10/h1-4H,5-8H2,(H3,16,18,19). The van der Waals surface area contributed by atoms with Crippen LogP contribution in [0.15, 0.2) is 24.5 Å². The van der Waals surface area contributed by atoms with E-state index in [0.29, 0.717) is 26.2 Å². The monoisotopic (exact) mass is 346 g/mol. The number of fused-ring (bicyclic) bond motifs is 1. The van der Waals surface area contributed by atoms with Gasteiger partial charge in [0.05, 0.1) is 0 Å². The Kier molecular flexibility index (Phi) is 3.49. The third-order valence-corrected chi connectivity index (χ3v) is 4.46. The lowest BCUT2D eigenvalue weighted by Crippen LogP contribution is -2.49. The minimum Gasteiger partial charge on any atom is -0.381 e. The molecule has 3 N–H and O–H groups in total. The number of halogens is 1. The molecule has 0 spiro atoms. The van der Waals surface area contributed by atoms with E-state index in [4.69, 9.17) is 17.3 Å². The molecule has 4 heterocycles. The van der Waals surface area contributed by atoms with Crippen molar-refractivity contribution < 1.29 is 4.79 Å². The van der Waals surface area contributed by atoms with Crippen LogP contribution in [0.5, 0.6) is 0 Å². The van der Waals surface area contributed by atoms with Gasteiger partial charge in [0.15, 0.2) is 11.5 Å². The summed E-state index contributed by atoms with van der Waals surface area (Å²) in [4.78, 5) is 20.5. The second-order valence-corrected chi connectivity index (χ2v) is 5.88. The molecule has 1 fully saturated rings. The van der Waals surface area contributed by atoms with Crippen LogP contribution in [0.1, 0.15) is 10.5 Å². The maximum atomic E-state index is 12.5. The van der Waals surface area contributed by atoms with Crippen LogP contribution in [0, 0.1) is 0 Å². The molecule has 0 radical (unpaired) electrons. The van der Waals surface area contributed by atoms with Gasteiger partial charge in [0.25, 0.3) is 5.91 Å². The molecule has 1 aliphatic heterocycles. The fraction of sp³-hybridized carbons (Fsp3) is 0.286. The fourth-order valence-electron chi connectivity index (χ4n) is 2.75. The molecular weight excluding hydrogens is 332 g/mol. The van der Waals surface area contributed by atoms with Crippen LogP contribution in [0.2, 0.25) is 5.02 Å². The number of nitrogens with one attached hydrogen (secondary N) is 1. The second-order valence-electron chi connectivity index (χ2n) is 5.50. The Morgan fingerprint density at radius 3 is 2.75 bits per heavy atom. The van der Waals surface area contributed by atoms with Gasteiger partial charge in [-0.05, 0) is 12.1 Å². The van der Waals surface area contributed by atoms with Gasteiger partial charge in [-0.15, -0.1) is 5.10 Å². The summed E-state index contributed by atoms with van der Waals surface area (Å²) in [6, 6.07) is 3.86. The molecule has 1 saturated heterocycles. The minimum atomic E-state index is -0.193. The Bertz CT molecular complexity index is 895. The summed E-state index contributed by atoms with van der Waals surface area (Å²) in [5.41, 5.74) is 6.61. The summed E-state index contributed by atoms with van der Waals surface area (Å²) >= 11 is 6.00. The lowest BCUT2D eigenvalue weighted by molar-refractivity contribution is 0.0740. The van der Waals surface area contributed by atoms with Crippen molar-refractivity contribution in [3.8, 4) is 0 Å². The molecule has 3 aromatic rings. The quantitative estimate of drug-likeness (QED) is 0.705. The zero-order valence-electron chi connectivity index (χ0n) is 12.7. The molecule has 24 heavy (non-hydrogen) atoms. The van der Waals surface area contributed by atoms with Crippen LogP contribution in [-0.2, 0) is 0 Å². The Balaban J connectivity index is 1.46. The summed E-state index contributed by atoms with van der Waals surface area (Å²) in [6.45, 7) is 2.50. The SMILES string of the molecule is Nc1n[nH]c(C(=O)N2CCN(c3ccc4nccn4n3)CC2)c1Cl. The van der Waals surface area contributed by atoms with Crippen molar-refractivity contribution in [1.82, 2.24) is 29.7 Å². The van der Waals surface area contributed by atoms with Crippen molar-refractivity contribution in [2.75, 3.05) is 36.8 Å². The van der Waals surface area contributed by atoms with Gasteiger partial charge in [0.1, 0.15) is 16.5 Å². The lowest BCUT2D eigenvalue weighted by Gasteiger charge is -2.35. The molecule has 9 nitrogen and oxygen atoms in total. The number of nitrogens with two attached hydrogens (primary N) is 1. The van der Waals surface area contributed by atoms with E-state index in [2.05, 4.69) is 25.2 Å². The van der Waals surface area contributed by atoms with Crippen molar-refractivity contribution >= 4 is 34.8 Å². The predicted molar refractivity (Wildman–Crippen MR) is 89.1 cm³/mol. The predicted octanol–water partition coefficient (Wildman–Crippen LogP) is 0.650. The Morgan fingerprint density at radius 2 is 2.04 bits per heavy atom. The average Bonchev–Trinajstić information content (AvgIpc) is 3.21. The largest absolute Gasteiger partial charge is 0.381 e.